The Kier molecular flexibility index (Phi) is 3.17. The summed E-state index contributed by atoms with van der Waals surface area (Å²) in [7, 11) is 0. The van der Waals surface area contributed by atoms with Crippen LogP contribution in [0.25, 0.3) is 21.5 Å². The summed E-state index contributed by atoms with van der Waals surface area (Å²) in [6, 6.07) is 12.4. The predicted octanol–water partition coefficient (Wildman–Crippen LogP) is 4.55. The minimum atomic E-state index is -0.791. The second-order valence-corrected chi connectivity index (χ2v) is 5.72. The molecule has 0 aliphatic rings. The second-order valence-electron chi connectivity index (χ2n) is 5.72. The minimum Gasteiger partial charge on any atom is -0.481 e. The first kappa shape index (κ1) is 13.6. The molecule has 0 spiro atoms. The number of carboxylic acids is 1. The number of fused-ring (bicyclic) bond motifs is 3. The molecule has 106 valence electrons. The fraction of sp³-hybridized carbons (Fsp3) is 0.211. The molecule has 2 heteroatoms. The van der Waals surface area contributed by atoms with Gasteiger partial charge in [-0.05, 0) is 64.6 Å². The van der Waals surface area contributed by atoms with Crippen LogP contribution in [-0.2, 0) is 11.2 Å². The molecule has 0 aliphatic heterocycles. The van der Waals surface area contributed by atoms with Crippen LogP contribution < -0.4 is 0 Å². The molecule has 0 atom stereocenters. The maximum absolute atomic E-state index is 11.1. The minimum absolute atomic E-state index is 0.0626. The van der Waals surface area contributed by atoms with E-state index in [1.165, 1.54) is 32.8 Å². The van der Waals surface area contributed by atoms with E-state index in [1.807, 2.05) is 12.1 Å². The highest BCUT2D eigenvalue weighted by atomic mass is 16.4. The molecule has 0 heterocycles. The van der Waals surface area contributed by atoms with Gasteiger partial charge in [-0.2, -0.15) is 0 Å². The van der Waals surface area contributed by atoms with Crippen molar-refractivity contribution >= 4 is 27.5 Å². The largest absolute Gasteiger partial charge is 0.481 e. The van der Waals surface area contributed by atoms with Crippen LogP contribution in [-0.4, -0.2) is 11.1 Å². The number of hydrogen-bond acceptors (Lipinski definition) is 1. The Morgan fingerprint density at radius 1 is 0.810 bits per heavy atom. The molecule has 21 heavy (non-hydrogen) atoms. The maximum atomic E-state index is 11.1. The van der Waals surface area contributed by atoms with Crippen LogP contribution in [0.4, 0.5) is 0 Å². The van der Waals surface area contributed by atoms with E-state index in [0.29, 0.717) is 0 Å². The number of carboxylic acid groups (broad SMARTS) is 1. The topological polar surface area (TPSA) is 37.3 Å². The van der Waals surface area contributed by atoms with E-state index >= 15 is 0 Å². The molecule has 3 aromatic carbocycles. The van der Waals surface area contributed by atoms with E-state index in [-0.39, 0.29) is 6.42 Å². The molecule has 0 saturated heterocycles. The summed E-state index contributed by atoms with van der Waals surface area (Å²) in [6.07, 6.45) is 0.0626. The lowest BCUT2D eigenvalue weighted by Crippen LogP contribution is -2.01. The predicted molar refractivity (Wildman–Crippen MR) is 87.0 cm³/mol. The lowest BCUT2D eigenvalue weighted by molar-refractivity contribution is -0.136. The van der Waals surface area contributed by atoms with Gasteiger partial charge in [0.1, 0.15) is 0 Å². The molecule has 0 saturated carbocycles. The van der Waals surface area contributed by atoms with E-state index < -0.39 is 5.97 Å². The number of aliphatic carboxylic acids is 1. The monoisotopic (exact) mass is 278 g/mol. The van der Waals surface area contributed by atoms with E-state index in [4.69, 9.17) is 5.11 Å². The van der Waals surface area contributed by atoms with E-state index in [2.05, 4.69) is 45.0 Å². The molecule has 0 bridgehead atoms. The Morgan fingerprint density at radius 3 is 2.00 bits per heavy atom. The third-order valence-corrected chi connectivity index (χ3v) is 4.22. The number of carbonyl (C=O) groups is 1. The van der Waals surface area contributed by atoms with Gasteiger partial charge in [0.15, 0.2) is 0 Å². The first-order valence-electron chi connectivity index (χ1n) is 7.12. The normalized spacial score (nSPS) is 11.2. The average Bonchev–Trinajstić information content (AvgIpc) is 2.45. The van der Waals surface area contributed by atoms with E-state index in [1.54, 1.807) is 0 Å². The summed E-state index contributed by atoms with van der Waals surface area (Å²) in [5, 5.41) is 13.8. The Bertz CT molecular complexity index is 876. The van der Waals surface area contributed by atoms with Crippen molar-refractivity contribution in [3.05, 3.63) is 58.7 Å². The van der Waals surface area contributed by atoms with Crippen molar-refractivity contribution in [2.24, 2.45) is 0 Å². The maximum Gasteiger partial charge on any atom is 0.307 e. The average molecular weight is 278 g/mol. The van der Waals surface area contributed by atoms with Crippen LogP contribution >= 0.6 is 0 Å². The molecule has 3 aromatic rings. The van der Waals surface area contributed by atoms with Crippen LogP contribution in [0.2, 0.25) is 0 Å². The second kappa shape index (κ2) is 4.88. The fourth-order valence-electron chi connectivity index (χ4n) is 3.16. The van der Waals surface area contributed by atoms with E-state index in [0.717, 1.165) is 10.9 Å². The standard InChI is InChI=1S/C19H18O2/c1-11-4-5-12(2)18-15(11)8-9-16-14(10-17(20)21)7-6-13(3)19(16)18/h4-9H,10H2,1-3H3,(H,20,21). The summed E-state index contributed by atoms with van der Waals surface area (Å²) in [4.78, 5) is 11.1. The van der Waals surface area contributed by atoms with Gasteiger partial charge in [-0.3, -0.25) is 4.79 Å². The van der Waals surface area contributed by atoms with Crippen LogP contribution in [0.3, 0.4) is 0 Å². The molecule has 0 amide bonds. The van der Waals surface area contributed by atoms with Crippen molar-refractivity contribution in [3.8, 4) is 0 Å². The SMILES string of the molecule is Cc1ccc(C)c2c1ccc1c(CC(=O)O)ccc(C)c12. The first-order valence-corrected chi connectivity index (χ1v) is 7.12. The van der Waals surface area contributed by atoms with Crippen LogP contribution in [0, 0.1) is 20.8 Å². The molecule has 0 fully saturated rings. The van der Waals surface area contributed by atoms with Gasteiger partial charge < -0.3 is 5.11 Å². The van der Waals surface area contributed by atoms with Crippen LogP contribution in [0.15, 0.2) is 36.4 Å². The van der Waals surface area contributed by atoms with Crippen molar-refractivity contribution in [2.45, 2.75) is 27.2 Å². The van der Waals surface area contributed by atoms with Gasteiger partial charge in [0.05, 0.1) is 6.42 Å². The van der Waals surface area contributed by atoms with Crippen molar-refractivity contribution in [1.82, 2.24) is 0 Å². The third kappa shape index (κ3) is 2.17. The number of aryl methyl sites for hydroxylation is 3. The number of benzene rings is 3. The summed E-state index contributed by atoms with van der Waals surface area (Å²) >= 11 is 0. The van der Waals surface area contributed by atoms with Crippen LogP contribution in [0.1, 0.15) is 22.3 Å². The molecule has 0 radical (unpaired) electrons. The molecule has 3 rings (SSSR count). The smallest absolute Gasteiger partial charge is 0.307 e. The molecule has 2 nitrogen and oxygen atoms in total. The molecular weight excluding hydrogens is 260 g/mol. The highest BCUT2D eigenvalue weighted by Crippen LogP contribution is 2.34. The highest BCUT2D eigenvalue weighted by molar-refractivity contribution is 6.12. The van der Waals surface area contributed by atoms with Gasteiger partial charge in [-0.1, -0.05) is 36.4 Å². The lowest BCUT2D eigenvalue weighted by atomic mass is 9.90. The van der Waals surface area contributed by atoms with Gasteiger partial charge >= 0.3 is 5.97 Å². The molecule has 0 unspecified atom stereocenters. The Morgan fingerprint density at radius 2 is 1.33 bits per heavy atom. The van der Waals surface area contributed by atoms with Crippen molar-refractivity contribution < 1.29 is 9.90 Å². The van der Waals surface area contributed by atoms with Crippen molar-refractivity contribution in [2.75, 3.05) is 0 Å². The van der Waals surface area contributed by atoms with Gasteiger partial charge in [-0.25, -0.2) is 0 Å². The van der Waals surface area contributed by atoms with Gasteiger partial charge in [0, 0.05) is 0 Å². The Balaban J connectivity index is 2.50. The summed E-state index contributed by atoms with van der Waals surface area (Å²) in [5.41, 5.74) is 4.56. The molecule has 0 aliphatic carbocycles. The fourth-order valence-corrected chi connectivity index (χ4v) is 3.16. The third-order valence-electron chi connectivity index (χ3n) is 4.22. The summed E-state index contributed by atoms with van der Waals surface area (Å²) in [5.74, 6) is -0.791. The Labute approximate surface area is 124 Å². The molecule has 0 aromatic heterocycles. The van der Waals surface area contributed by atoms with Gasteiger partial charge in [0.2, 0.25) is 0 Å². The Hall–Kier alpha value is -2.35. The van der Waals surface area contributed by atoms with Gasteiger partial charge in [-0.15, -0.1) is 0 Å². The number of hydrogen-bond donors (Lipinski definition) is 1. The molecular formula is C19H18O2. The highest BCUT2D eigenvalue weighted by Gasteiger charge is 2.12. The first-order chi connectivity index (χ1) is 9.99. The zero-order chi connectivity index (χ0) is 15.1. The molecule has 1 N–H and O–H groups in total. The lowest BCUT2D eigenvalue weighted by Gasteiger charge is -2.14. The zero-order valence-electron chi connectivity index (χ0n) is 12.5. The van der Waals surface area contributed by atoms with Crippen LogP contribution in [0.5, 0.6) is 0 Å². The van der Waals surface area contributed by atoms with Crippen molar-refractivity contribution in [1.29, 1.82) is 0 Å². The number of rotatable bonds is 2. The van der Waals surface area contributed by atoms with Crippen molar-refractivity contribution in [3.63, 3.8) is 0 Å². The summed E-state index contributed by atoms with van der Waals surface area (Å²) < 4.78 is 0. The quantitative estimate of drug-likeness (QED) is 0.698. The van der Waals surface area contributed by atoms with Gasteiger partial charge in [0.25, 0.3) is 0 Å². The summed E-state index contributed by atoms with van der Waals surface area (Å²) in [6.45, 7) is 6.32. The van der Waals surface area contributed by atoms with E-state index in [9.17, 15) is 4.79 Å². The zero-order valence-corrected chi connectivity index (χ0v) is 12.5.